The summed E-state index contributed by atoms with van der Waals surface area (Å²) < 4.78 is 4.17. The Morgan fingerprint density at radius 1 is 1.19 bits per heavy atom. The molecule has 0 aliphatic carbocycles. The molecule has 0 amide bonds. The van der Waals surface area contributed by atoms with Crippen molar-refractivity contribution in [3.05, 3.63) is 62.8 Å². The first kappa shape index (κ1) is 14.8. The van der Waals surface area contributed by atoms with Gasteiger partial charge < -0.3 is 10.3 Å². The summed E-state index contributed by atoms with van der Waals surface area (Å²) >= 11 is 7.06. The smallest absolute Gasteiger partial charge is 0.111 e. The van der Waals surface area contributed by atoms with E-state index in [1.54, 1.807) is 0 Å². The van der Waals surface area contributed by atoms with Gasteiger partial charge in [0.15, 0.2) is 0 Å². The third kappa shape index (κ3) is 2.91. The van der Waals surface area contributed by atoms with Gasteiger partial charge in [0.25, 0.3) is 0 Å². The lowest BCUT2D eigenvalue weighted by Gasteiger charge is -2.14. The molecule has 21 heavy (non-hydrogen) atoms. The van der Waals surface area contributed by atoms with Crippen molar-refractivity contribution in [2.24, 2.45) is 12.8 Å². The van der Waals surface area contributed by atoms with E-state index >= 15 is 0 Å². The molecule has 2 N–H and O–H groups in total. The zero-order chi connectivity index (χ0) is 15.0. The molecule has 0 spiro atoms. The highest BCUT2D eigenvalue weighted by Crippen LogP contribution is 2.28. The normalized spacial score (nSPS) is 12.8. The average Bonchev–Trinajstić information content (AvgIpc) is 2.78. The van der Waals surface area contributed by atoms with Crippen molar-refractivity contribution in [3.8, 4) is 0 Å². The predicted octanol–water partition coefficient (Wildman–Crippen LogP) is 4.34. The summed E-state index contributed by atoms with van der Waals surface area (Å²) in [6.45, 7) is 0. The van der Waals surface area contributed by atoms with Crippen molar-refractivity contribution in [2.45, 2.75) is 12.5 Å². The maximum absolute atomic E-state index is 6.38. The number of aromatic nitrogens is 2. The first-order chi connectivity index (χ1) is 10.1. The van der Waals surface area contributed by atoms with E-state index in [0.717, 1.165) is 31.4 Å². The number of imidazole rings is 1. The SMILES string of the molecule is Cn1c(CC(N)c2cc(Br)ccc2Br)nc2ccccc21. The van der Waals surface area contributed by atoms with Gasteiger partial charge in [0.2, 0.25) is 0 Å². The molecule has 108 valence electrons. The fraction of sp³-hybridized carbons (Fsp3) is 0.188. The Hall–Kier alpha value is -1.17. The number of nitrogens with zero attached hydrogens (tertiary/aromatic N) is 2. The number of benzene rings is 2. The van der Waals surface area contributed by atoms with E-state index in [1.165, 1.54) is 0 Å². The second kappa shape index (κ2) is 5.91. The number of hydrogen-bond acceptors (Lipinski definition) is 2. The van der Waals surface area contributed by atoms with Crippen molar-refractivity contribution in [1.29, 1.82) is 0 Å². The van der Waals surface area contributed by atoms with Gasteiger partial charge >= 0.3 is 0 Å². The first-order valence-electron chi connectivity index (χ1n) is 6.67. The lowest BCUT2D eigenvalue weighted by molar-refractivity contribution is 0.662. The van der Waals surface area contributed by atoms with Crippen LogP contribution in [0.3, 0.4) is 0 Å². The van der Waals surface area contributed by atoms with Crippen molar-refractivity contribution in [2.75, 3.05) is 0 Å². The Kier molecular flexibility index (Phi) is 4.15. The molecule has 0 radical (unpaired) electrons. The Balaban J connectivity index is 1.94. The molecule has 0 saturated heterocycles. The van der Waals surface area contributed by atoms with Gasteiger partial charge in [-0.1, -0.05) is 44.0 Å². The number of halogens is 2. The van der Waals surface area contributed by atoms with Crippen LogP contribution < -0.4 is 5.73 Å². The van der Waals surface area contributed by atoms with Crippen molar-refractivity contribution in [3.63, 3.8) is 0 Å². The van der Waals surface area contributed by atoms with Crippen LogP contribution >= 0.6 is 31.9 Å². The molecule has 1 atom stereocenters. The number of para-hydroxylation sites is 2. The fourth-order valence-corrected chi connectivity index (χ4v) is 3.40. The zero-order valence-corrected chi connectivity index (χ0v) is 14.7. The second-order valence-corrected chi connectivity index (χ2v) is 6.82. The van der Waals surface area contributed by atoms with Crippen molar-refractivity contribution in [1.82, 2.24) is 9.55 Å². The number of nitrogens with two attached hydrogens (primary N) is 1. The number of hydrogen-bond donors (Lipinski definition) is 1. The molecule has 0 fully saturated rings. The minimum Gasteiger partial charge on any atom is -0.331 e. The van der Waals surface area contributed by atoms with Crippen LogP contribution in [-0.2, 0) is 13.5 Å². The molecular formula is C16H15Br2N3. The summed E-state index contributed by atoms with van der Waals surface area (Å²) in [5.41, 5.74) is 9.61. The standard InChI is InChI=1S/C16H15Br2N3/c1-21-15-5-3-2-4-14(15)20-16(21)9-13(19)11-8-10(17)6-7-12(11)18/h2-8,13H,9,19H2,1H3. The first-order valence-corrected chi connectivity index (χ1v) is 8.25. The monoisotopic (exact) mass is 407 g/mol. The molecule has 2 aromatic carbocycles. The van der Waals surface area contributed by atoms with E-state index in [0.29, 0.717) is 6.42 Å². The van der Waals surface area contributed by atoms with Gasteiger partial charge in [0.1, 0.15) is 5.82 Å². The van der Waals surface area contributed by atoms with Gasteiger partial charge in [-0.25, -0.2) is 4.98 Å². The van der Waals surface area contributed by atoms with Crippen LogP contribution in [-0.4, -0.2) is 9.55 Å². The predicted molar refractivity (Wildman–Crippen MR) is 93.2 cm³/mol. The Morgan fingerprint density at radius 3 is 2.71 bits per heavy atom. The van der Waals surface area contributed by atoms with Crippen LogP contribution in [0, 0.1) is 0 Å². The van der Waals surface area contributed by atoms with Gasteiger partial charge in [-0.3, -0.25) is 0 Å². The summed E-state index contributed by atoms with van der Waals surface area (Å²) in [6, 6.07) is 14.1. The molecule has 0 saturated carbocycles. The third-order valence-electron chi connectivity index (χ3n) is 3.64. The molecule has 3 aromatic rings. The maximum Gasteiger partial charge on any atom is 0.111 e. The molecule has 0 bridgehead atoms. The topological polar surface area (TPSA) is 43.8 Å². The molecule has 1 aromatic heterocycles. The summed E-state index contributed by atoms with van der Waals surface area (Å²) in [7, 11) is 2.04. The van der Waals surface area contributed by atoms with Crippen LogP contribution in [0.15, 0.2) is 51.4 Å². The third-order valence-corrected chi connectivity index (χ3v) is 4.86. The van der Waals surface area contributed by atoms with Crippen molar-refractivity contribution >= 4 is 42.9 Å². The van der Waals surface area contributed by atoms with Crippen LogP contribution in [0.1, 0.15) is 17.4 Å². The second-order valence-electron chi connectivity index (χ2n) is 5.05. The van der Waals surface area contributed by atoms with E-state index in [4.69, 9.17) is 5.73 Å². The van der Waals surface area contributed by atoms with Gasteiger partial charge in [0, 0.05) is 28.5 Å². The van der Waals surface area contributed by atoms with Crippen LogP contribution in [0.25, 0.3) is 11.0 Å². The lowest BCUT2D eigenvalue weighted by Crippen LogP contribution is -2.16. The van der Waals surface area contributed by atoms with Crippen LogP contribution in [0.2, 0.25) is 0 Å². The largest absolute Gasteiger partial charge is 0.331 e. The minimum atomic E-state index is -0.104. The molecule has 1 heterocycles. The van der Waals surface area contributed by atoms with Gasteiger partial charge in [0.05, 0.1) is 11.0 Å². The van der Waals surface area contributed by atoms with E-state index in [2.05, 4.69) is 53.5 Å². The summed E-state index contributed by atoms with van der Waals surface area (Å²) in [4.78, 5) is 4.69. The minimum absolute atomic E-state index is 0.104. The quantitative estimate of drug-likeness (QED) is 0.700. The lowest BCUT2D eigenvalue weighted by atomic mass is 10.0. The van der Waals surface area contributed by atoms with Gasteiger partial charge in [-0.05, 0) is 35.9 Å². The molecule has 3 rings (SSSR count). The molecule has 3 nitrogen and oxygen atoms in total. The molecule has 5 heteroatoms. The Bertz CT molecular complexity index is 795. The highest BCUT2D eigenvalue weighted by Gasteiger charge is 2.15. The molecule has 0 aliphatic heterocycles. The summed E-state index contributed by atoms with van der Waals surface area (Å²) in [5, 5.41) is 0. The van der Waals surface area contributed by atoms with E-state index in [-0.39, 0.29) is 6.04 Å². The highest BCUT2D eigenvalue weighted by molar-refractivity contribution is 9.11. The summed E-state index contributed by atoms with van der Waals surface area (Å²) in [5.74, 6) is 0.996. The number of fused-ring (bicyclic) bond motifs is 1. The maximum atomic E-state index is 6.38. The van der Waals surface area contributed by atoms with E-state index in [9.17, 15) is 0 Å². The number of rotatable bonds is 3. The summed E-state index contributed by atoms with van der Waals surface area (Å²) in [6.07, 6.45) is 0.695. The number of aryl methyl sites for hydroxylation is 1. The van der Waals surface area contributed by atoms with Gasteiger partial charge in [-0.15, -0.1) is 0 Å². The Morgan fingerprint density at radius 2 is 1.95 bits per heavy atom. The molecule has 0 aliphatic rings. The van der Waals surface area contributed by atoms with Crippen LogP contribution in [0.5, 0.6) is 0 Å². The molecular weight excluding hydrogens is 394 g/mol. The van der Waals surface area contributed by atoms with Gasteiger partial charge in [-0.2, -0.15) is 0 Å². The van der Waals surface area contributed by atoms with E-state index < -0.39 is 0 Å². The van der Waals surface area contributed by atoms with Crippen molar-refractivity contribution < 1.29 is 0 Å². The van der Waals surface area contributed by atoms with E-state index in [1.807, 2.05) is 37.4 Å². The van der Waals surface area contributed by atoms with Crippen LogP contribution in [0.4, 0.5) is 0 Å². The average molecular weight is 409 g/mol. The molecule has 1 unspecified atom stereocenters. The highest BCUT2D eigenvalue weighted by atomic mass is 79.9. The fourth-order valence-electron chi connectivity index (χ4n) is 2.48. The Labute approximate surface area is 140 Å². The zero-order valence-electron chi connectivity index (χ0n) is 11.6.